The van der Waals surface area contributed by atoms with Gasteiger partial charge in [-0.3, -0.25) is 9.59 Å². The smallest absolute Gasteiger partial charge is 0.243 e. The predicted molar refractivity (Wildman–Crippen MR) is 141 cm³/mol. The fraction of sp³-hybridized carbons (Fsp3) is 0.517. The quantitative estimate of drug-likeness (QED) is 0.452. The highest BCUT2D eigenvalue weighted by Crippen LogP contribution is 2.28. The van der Waals surface area contributed by atoms with E-state index in [9.17, 15) is 9.59 Å². The van der Waals surface area contributed by atoms with Gasteiger partial charge in [0.25, 0.3) is 0 Å². The van der Waals surface area contributed by atoms with E-state index in [0.29, 0.717) is 30.9 Å². The second-order valence-electron chi connectivity index (χ2n) is 9.33. The molecular weight excluding hydrogens is 456 g/mol. The number of hydrogen-bond acceptors (Lipinski definition) is 5. The Bertz CT molecular complexity index is 1000. The summed E-state index contributed by atoms with van der Waals surface area (Å²) in [5, 5.41) is 3.23. The summed E-state index contributed by atoms with van der Waals surface area (Å²) in [6, 6.07) is 13.0. The maximum atomic E-state index is 13.6. The summed E-state index contributed by atoms with van der Waals surface area (Å²) < 4.78 is 16.1. The van der Waals surface area contributed by atoms with Gasteiger partial charge in [-0.1, -0.05) is 44.4 Å². The van der Waals surface area contributed by atoms with Crippen LogP contribution >= 0.6 is 0 Å². The van der Waals surface area contributed by atoms with Gasteiger partial charge in [0.1, 0.15) is 11.8 Å². The predicted octanol–water partition coefficient (Wildman–Crippen LogP) is 4.90. The Kier molecular flexibility index (Phi) is 10.5. The Hall–Kier alpha value is -3.22. The highest BCUT2D eigenvalue weighted by atomic mass is 16.5. The van der Waals surface area contributed by atoms with Crippen LogP contribution in [0, 0.1) is 0 Å². The van der Waals surface area contributed by atoms with E-state index < -0.39 is 6.04 Å². The fourth-order valence-corrected chi connectivity index (χ4v) is 4.86. The number of benzene rings is 2. The number of carbonyl (C=O) groups is 2. The average Bonchev–Trinajstić information content (AvgIpc) is 2.92. The van der Waals surface area contributed by atoms with Crippen LogP contribution in [0.15, 0.2) is 42.5 Å². The minimum absolute atomic E-state index is 0.0572. The third-order valence-electron chi connectivity index (χ3n) is 6.90. The Labute approximate surface area is 215 Å². The largest absolute Gasteiger partial charge is 0.497 e. The minimum Gasteiger partial charge on any atom is -0.497 e. The molecule has 7 nitrogen and oxygen atoms in total. The standard InChI is InChI=1S/C29H40N2O5/c1-5-25(29(33)30-23-11-7-6-8-12-23)31(20-22-10-9-13-24(18-22)34-2)28(32)17-15-21-14-16-26(35-3)27(19-21)36-4/h9-10,13-14,16,18-19,23,25H,5-8,11-12,15,17,20H2,1-4H3,(H,30,33)/t25-/m1/s1. The number of nitrogens with zero attached hydrogens (tertiary/aromatic N) is 1. The lowest BCUT2D eigenvalue weighted by Crippen LogP contribution is -2.51. The molecule has 0 unspecified atom stereocenters. The molecule has 0 spiro atoms. The van der Waals surface area contributed by atoms with Crippen LogP contribution in [-0.4, -0.2) is 50.1 Å². The first-order valence-electron chi connectivity index (χ1n) is 12.9. The fourth-order valence-electron chi connectivity index (χ4n) is 4.86. The van der Waals surface area contributed by atoms with Gasteiger partial charge in [0.2, 0.25) is 11.8 Å². The van der Waals surface area contributed by atoms with Crippen molar-refractivity contribution in [3.63, 3.8) is 0 Å². The van der Waals surface area contributed by atoms with Crippen molar-refractivity contribution in [2.75, 3.05) is 21.3 Å². The number of ether oxygens (including phenoxy) is 3. The molecule has 0 aliphatic heterocycles. The molecular formula is C29H40N2O5. The monoisotopic (exact) mass is 496 g/mol. The maximum absolute atomic E-state index is 13.6. The highest BCUT2D eigenvalue weighted by molar-refractivity contribution is 5.88. The van der Waals surface area contributed by atoms with E-state index >= 15 is 0 Å². The van der Waals surface area contributed by atoms with Crippen molar-refractivity contribution in [3.05, 3.63) is 53.6 Å². The zero-order valence-corrected chi connectivity index (χ0v) is 22.0. The lowest BCUT2D eigenvalue weighted by molar-refractivity contribution is -0.141. The second kappa shape index (κ2) is 13.8. The number of methoxy groups -OCH3 is 3. The van der Waals surface area contributed by atoms with Crippen LogP contribution in [0.4, 0.5) is 0 Å². The SMILES string of the molecule is CC[C@H](C(=O)NC1CCCCC1)N(Cc1cccc(OC)c1)C(=O)CCc1ccc(OC)c(OC)c1. The van der Waals surface area contributed by atoms with Crippen LogP contribution in [-0.2, 0) is 22.6 Å². The molecule has 2 aromatic rings. The molecule has 0 saturated heterocycles. The summed E-state index contributed by atoms with van der Waals surface area (Å²) in [5.41, 5.74) is 1.90. The molecule has 2 amide bonds. The molecule has 1 aliphatic carbocycles. The summed E-state index contributed by atoms with van der Waals surface area (Å²) in [7, 11) is 4.82. The van der Waals surface area contributed by atoms with Gasteiger partial charge in [0.15, 0.2) is 11.5 Å². The Balaban J connectivity index is 1.78. The van der Waals surface area contributed by atoms with Crippen molar-refractivity contribution in [1.29, 1.82) is 0 Å². The van der Waals surface area contributed by atoms with E-state index in [1.54, 1.807) is 26.2 Å². The van der Waals surface area contributed by atoms with E-state index in [1.165, 1.54) is 6.42 Å². The van der Waals surface area contributed by atoms with E-state index in [1.807, 2.05) is 49.4 Å². The molecule has 0 bridgehead atoms. The van der Waals surface area contributed by atoms with E-state index in [0.717, 1.165) is 42.6 Å². The zero-order valence-electron chi connectivity index (χ0n) is 22.0. The Morgan fingerprint density at radius 1 is 0.944 bits per heavy atom. The number of amides is 2. The number of nitrogens with one attached hydrogen (secondary N) is 1. The minimum atomic E-state index is -0.531. The van der Waals surface area contributed by atoms with Gasteiger partial charge in [0.05, 0.1) is 21.3 Å². The van der Waals surface area contributed by atoms with Gasteiger partial charge >= 0.3 is 0 Å². The first-order valence-corrected chi connectivity index (χ1v) is 12.9. The summed E-state index contributed by atoms with van der Waals surface area (Å²) in [6.45, 7) is 2.31. The molecule has 0 heterocycles. The molecule has 1 aliphatic rings. The number of aryl methyl sites for hydroxylation is 1. The third-order valence-corrected chi connectivity index (χ3v) is 6.90. The first kappa shape index (κ1) is 27.4. The van der Waals surface area contributed by atoms with Crippen LogP contribution in [0.25, 0.3) is 0 Å². The number of carbonyl (C=O) groups excluding carboxylic acids is 2. The maximum Gasteiger partial charge on any atom is 0.243 e. The van der Waals surface area contributed by atoms with E-state index in [2.05, 4.69) is 5.32 Å². The number of hydrogen-bond donors (Lipinski definition) is 1. The molecule has 0 aromatic heterocycles. The molecule has 1 N–H and O–H groups in total. The summed E-state index contributed by atoms with van der Waals surface area (Å²) in [5.74, 6) is 1.89. The summed E-state index contributed by atoms with van der Waals surface area (Å²) in [4.78, 5) is 28.7. The van der Waals surface area contributed by atoms with Gasteiger partial charge in [-0.2, -0.15) is 0 Å². The van der Waals surface area contributed by atoms with E-state index in [-0.39, 0.29) is 24.3 Å². The Morgan fingerprint density at radius 3 is 2.36 bits per heavy atom. The van der Waals surface area contributed by atoms with Crippen molar-refractivity contribution in [2.45, 2.75) is 76.9 Å². The van der Waals surface area contributed by atoms with Gasteiger partial charge in [-0.05, 0) is 61.1 Å². The molecule has 0 radical (unpaired) electrons. The lowest BCUT2D eigenvalue weighted by Gasteiger charge is -2.33. The van der Waals surface area contributed by atoms with Crippen molar-refractivity contribution >= 4 is 11.8 Å². The topological polar surface area (TPSA) is 77.1 Å². The summed E-state index contributed by atoms with van der Waals surface area (Å²) >= 11 is 0. The van der Waals surface area contributed by atoms with Crippen LogP contribution in [0.1, 0.15) is 63.0 Å². The lowest BCUT2D eigenvalue weighted by atomic mass is 9.95. The molecule has 36 heavy (non-hydrogen) atoms. The highest BCUT2D eigenvalue weighted by Gasteiger charge is 2.30. The number of rotatable bonds is 12. The van der Waals surface area contributed by atoms with Gasteiger partial charge in [-0.15, -0.1) is 0 Å². The van der Waals surface area contributed by atoms with Crippen molar-refractivity contribution in [2.24, 2.45) is 0 Å². The third kappa shape index (κ3) is 7.39. The average molecular weight is 497 g/mol. The van der Waals surface area contributed by atoms with Crippen molar-refractivity contribution in [1.82, 2.24) is 10.2 Å². The van der Waals surface area contributed by atoms with Crippen LogP contribution < -0.4 is 19.5 Å². The van der Waals surface area contributed by atoms with Gasteiger partial charge in [0, 0.05) is 19.0 Å². The van der Waals surface area contributed by atoms with Crippen LogP contribution in [0.2, 0.25) is 0 Å². The van der Waals surface area contributed by atoms with Gasteiger partial charge < -0.3 is 24.4 Å². The molecule has 1 atom stereocenters. The van der Waals surface area contributed by atoms with Crippen molar-refractivity contribution in [3.8, 4) is 17.2 Å². The molecule has 3 rings (SSSR count). The molecule has 1 saturated carbocycles. The van der Waals surface area contributed by atoms with Crippen molar-refractivity contribution < 1.29 is 23.8 Å². The Morgan fingerprint density at radius 2 is 1.69 bits per heavy atom. The van der Waals surface area contributed by atoms with Gasteiger partial charge in [-0.25, -0.2) is 0 Å². The first-order chi connectivity index (χ1) is 17.5. The molecule has 196 valence electrons. The van der Waals surface area contributed by atoms with E-state index in [4.69, 9.17) is 14.2 Å². The van der Waals surface area contributed by atoms with Crippen LogP contribution in [0.3, 0.4) is 0 Å². The molecule has 2 aromatic carbocycles. The normalized spacial score (nSPS) is 14.6. The van der Waals surface area contributed by atoms with Crippen LogP contribution in [0.5, 0.6) is 17.2 Å². The summed E-state index contributed by atoms with van der Waals surface area (Å²) in [6.07, 6.45) is 6.88. The second-order valence-corrected chi connectivity index (χ2v) is 9.33. The molecule has 1 fully saturated rings. The molecule has 7 heteroatoms. The zero-order chi connectivity index (χ0) is 25.9.